The van der Waals surface area contributed by atoms with E-state index in [2.05, 4.69) is 0 Å². The molecule has 1 fully saturated rings. The Kier molecular flexibility index (Phi) is 5.17. The molecule has 0 unspecified atom stereocenters. The van der Waals surface area contributed by atoms with Gasteiger partial charge in [-0.1, -0.05) is 17.7 Å². The SMILES string of the molecule is Cc1ccc(S(=O)(=O)O[C@@H]2[C@H](O)[C@@H](O)[C@H](CO)O[C@@H]2O)cc1. The molecule has 0 aliphatic carbocycles. The quantitative estimate of drug-likeness (QED) is 0.489. The predicted molar refractivity (Wildman–Crippen MR) is 73.2 cm³/mol. The first-order chi connectivity index (χ1) is 10.3. The topological polar surface area (TPSA) is 134 Å². The second-order valence-corrected chi connectivity index (χ2v) is 6.63. The molecule has 5 atom stereocenters. The molecule has 1 aliphatic rings. The second kappa shape index (κ2) is 6.59. The van der Waals surface area contributed by atoms with Gasteiger partial charge in [0.15, 0.2) is 12.4 Å². The highest BCUT2D eigenvalue weighted by atomic mass is 32.2. The fraction of sp³-hybridized carbons (Fsp3) is 0.538. The number of aryl methyl sites for hydroxylation is 1. The summed E-state index contributed by atoms with van der Waals surface area (Å²) in [6.45, 7) is 1.14. The molecule has 1 aromatic carbocycles. The van der Waals surface area contributed by atoms with Gasteiger partial charge in [0.05, 0.1) is 11.5 Å². The first-order valence-electron chi connectivity index (χ1n) is 6.57. The molecule has 1 saturated heterocycles. The van der Waals surface area contributed by atoms with Crippen LogP contribution in [0.3, 0.4) is 0 Å². The minimum absolute atomic E-state index is 0.156. The Hall–Kier alpha value is -1.07. The van der Waals surface area contributed by atoms with Gasteiger partial charge < -0.3 is 25.2 Å². The maximum absolute atomic E-state index is 12.1. The molecular formula is C13H18O8S. The summed E-state index contributed by atoms with van der Waals surface area (Å²) in [5, 5.41) is 38.3. The van der Waals surface area contributed by atoms with E-state index in [-0.39, 0.29) is 4.90 Å². The Morgan fingerprint density at radius 3 is 2.27 bits per heavy atom. The Balaban J connectivity index is 2.20. The van der Waals surface area contributed by atoms with Crippen LogP contribution >= 0.6 is 0 Å². The molecule has 0 bridgehead atoms. The van der Waals surface area contributed by atoms with E-state index in [1.165, 1.54) is 12.1 Å². The van der Waals surface area contributed by atoms with Crippen LogP contribution in [0.1, 0.15) is 5.56 Å². The van der Waals surface area contributed by atoms with Crippen molar-refractivity contribution in [2.24, 2.45) is 0 Å². The minimum Gasteiger partial charge on any atom is -0.394 e. The van der Waals surface area contributed by atoms with Gasteiger partial charge in [-0.05, 0) is 19.1 Å². The molecule has 0 amide bonds. The third kappa shape index (κ3) is 3.46. The fourth-order valence-corrected chi connectivity index (χ4v) is 3.16. The van der Waals surface area contributed by atoms with Gasteiger partial charge >= 0.3 is 0 Å². The largest absolute Gasteiger partial charge is 0.394 e. The number of hydrogen-bond donors (Lipinski definition) is 4. The Morgan fingerprint density at radius 1 is 1.14 bits per heavy atom. The first kappa shape index (κ1) is 17.3. The molecule has 1 heterocycles. The van der Waals surface area contributed by atoms with E-state index in [4.69, 9.17) is 14.0 Å². The van der Waals surface area contributed by atoms with Gasteiger partial charge in [0.1, 0.15) is 18.3 Å². The molecule has 22 heavy (non-hydrogen) atoms. The van der Waals surface area contributed by atoms with E-state index in [1.54, 1.807) is 19.1 Å². The van der Waals surface area contributed by atoms with Crippen molar-refractivity contribution in [2.75, 3.05) is 6.61 Å². The smallest absolute Gasteiger partial charge is 0.297 e. The maximum Gasteiger partial charge on any atom is 0.297 e. The van der Waals surface area contributed by atoms with Crippen molar-refractivity contribution in [1.82, 2.24) is 0 Å². The summed E-state index contributed by atoms with van der Waals surface area (Å²) in [7, 11) is -4.26. The van der Waals surface area contributed by atoms with Crippen LogP contribution < -0.4 is 0 Å². The zero-order valence-corrected chi connectivity index (χ0v) is 12.5. The lowest BCUT2D eigenvalue weighted by Gasteiger charge is -2.39. The molecule has 9 heteroatoms. The van der Waals surface area contributed by atoms with Crippen molar-refractivity contribution in [3.63, 3.8) is 0 Å². The van der Waals surface area contributed by atoms with E-state index >= 15 is 0 Å². The fourth-order valence-electron chi connectivity index (χ4n) is 2.08. The summed E-state index contributed by atoms with van der Waals surface area (Å²) >= 11 is 0. The molecule has 0 saturated carbocycles. The standard InChI is InChI=1S/C13H18O8S/c1-7-2-4-8(5-3-7)22(18,19)21-12-11(16)10(15)9(6-14)20-13(12)17/h2-5,9-17H,6H2,1H3/t9-,10-,11+,12+,13-/m0/s1. The van der Waals surface area contributed by atoms with Crippen molar-refractivity contribution in [3.8, 4) is 0 Å². The van der Waals surface area contributed by atoms with Crippen LogP contribution in [-0.2, 0) is 19.0 Å². The van der Waals surface area contributed by atoms with Crippen molar-refractivity contribution in [3.05, 3.63) is 29.8 Å². The van der Waals surface area contributed by atoms with Crippen LogP contribution in [0.25, 0.3) is 0 Å². The molecule has 4 N–H and O–H groups in total. The lowest BCUT2D eigenvalue weighted by molar-refractivity contribution is -0.279. The molecule has 124 valence electrons. The number of rotatable bonds is 4. The lowest BCUT2D eigenvalue weighted by Crippen LogP contribution is -2.59. The van der Waals surface area contributed by atoms with E-state index < -0.39 is 47.4 Å². The van der Waals surface area contributed by atoms with Crippen LogP contribution in [-0.4, -0.2) is 66.2 Å². The van der Waals surface area contributed by atoms with E-state index in [0.29, 0.717) is 0 Å². The third-order valence-corrected chi connectivity index (χ3v) is 4.72. The normalized spacial score (nSPS) is 32.9. The lowest BCUT2D eigenvalue weighted by atomic mass is 9.99. The number of benzene rings is 1. The molecular weight excluding hydrogens is 316 g/mol. The second-order valence-electron chi connectivity index (χ2n) is 5.06. The number of hydrogen-bond acceptors (Lipinski definition) is 8. The van der Waals surface area contributed by atoms with E-state index in [9.17, 15) is 23.7 Å². The number of ether oxygens (including phenoxy) is 1. The first-order valence-corrected chi connectivity index (χ1v) is 7.97. The highest BCUT2D eigenvalue weighted by Gasteiger charge is 2.46. The van der Waals surface area contributed by atoms with Gasteiger partial charge in [-0.15, -0.1) is 0 Å². The number of aliphatic hydroxyl groups excluding tert-OH is 4. The van der Waals surface area contributed by atoms with E-state index in [1.807, 2.05) is 0 Å². The summed E-state index contributed by atoms with van der Waals surface area (Å²) in [5.41, 5.74) is 0.848. The minimum atomic E-state index is -4.26. The molecule has 2 rings (SSSR count). The Morgan fingerprint density at radius 2 is 1.73 bits per heavy atom. The number of aliphatic hydroxyl groups is 4. The predicted octanol–water partition coefficient (Wildman–Crippen LogP) is -1.50. The summed E-state index contributed by atoms with van der Waals surface area (Å²) < 4.78 is 33.9. The Labute approximate surface area is 127 Å². The summed E-state index contributed by atoms with van der Waals surface area (Å²) in [6.07, 6.45) is -8.07. The molecule has 0 spiro atoms. The monoisotopic (exact) mass is 334 g/mol. The van der Waals surface area contributed by atoms with Crippen LogP contribution in [0.15, 0.2) is 29.2 Å². The van der Waals surface area contributed by atoms with Crippen molar-refractivity contribution < 1.29 is 37.8 Å². The van der Waals surface area contributed by atoms with Gasteiger partial charge in [0, 0.05) is 0 Å². The van der Waals surface area contributed by atoms with Gasteiger partial charge in [-0.3, -0.25) is 4.18 Å². The summed E-state index contributed by atoms with van der Waals surface area (Å²) in [6, 6.07) is 5.77. The average molecular weight is 334 g/mol. The van der Waals surface area contributed by atoms with Gasteiger partial charge in [-0.2, -0.15) is 8.42 Å². The van der Waals surface area contributed by atoms with Gasteiger partial charge in [0.25, 0.3) is 10.1 Å². The van der Waals surface area contributed by atoms with E-state index in [0.717, 1.165) is 5.56 Å². The summed E-state index contributed by atoms with van der Waals surface area (Å²) in [5.74, 6) is 0. The zero-order valence-electron chi connectivity index (χ0n) is 11.7. The molecule has 1 aliphatic heterocycles. The molecule has 0 aromatic heterocycles. The molecule has 8 nitrogen and oxygen atoms in total. The van der Waals surface area contributed by atoms with Gasteiger partial charge in [0.2, 0.25) is 0 Å². The third-order valence-electron chi connectivity index (χ3n) is 3.39. The Bertz CT molecular complexity index is 599. The van der Waals surface area contributed by atoms with Crippen LogP contribution in [0, 0.1) is 6.92 Å². The highest BCUT2D eigenvalue weighted by molar-refractivity contribution is 7.86. The van der Waals surface area contributed by atoms with Crippen molar-refractivity contribution in [2.45, 2.75) is 42.5 Å². The highest BCUT2D eigenvalue weighted by Crippen LogP contribution is 2.25. The average Bonchev–Trinajstić information content (AvgIpc) is 2.48. The van der Waals surface area contributed by atoms with Crippen molar-refractivity contribution in [1.29, 1.82) is 0 Å². The van der Waals surface area contributed by atoms with Crippen LogP contribution in [0.5, 0.6) is 0 Å². The molecule has 0 radical (unpaired) electrons. The maximum atomic E-state index is 12.1. The van der Waals surface area contributed by atoms with Crippen LogP contribution in [0.4, 0.5) is 0 Å². The van der Waals surface area contributed by atoms with Crippen LogP contribution in [0.2, 0.25) is 0 Å². The van der Waals surface area contributed by atoms with Crippen molar-refractivity contribution >= 4 is 10.1 Å². The summed E-state index contributed by atoms with van der Waals surface area (Å²) in [4.78, 5) is -0.156. The molecule has 1 aromatic rings. The zero-order chi connectivity index (χ0) is 16.5. The van der Waals surface area contributed by atoms with Gasteiger partial charge in [-0.25, -0.2) is 0 Å².